The molecular formula is C19H22N4O. The van der Waals surface area contributed by atoms with Crippen molar-refractivity contribution in [3.05, 3.63) is 47.4 Å². The Kier molecular flexibility index (Phi) is 3.63. The van der Waals surface area contributed by atoms with Gasteiger partial charge < -0.3 is 10.3 Å². The molecule has 1 aromatic carbocycles. The monoisotopic (exact) mass is 322 g/mol. The minimum absolute atomic E-state index is 0.0917. The summed E-state index contributed by atoms with van der Waals surface area (Å²) in [5.74, 6) is -0.0917. The number of carbonyl (C=O) groups excluding carboxylic acids is 1. The normalized spacial score (nSPS) is 14.1. The molecule has 0 spiro atoms. The van der Waals surface area contributed by atoms with Gasteiger partial charge in [-0.25, -0.2) is 0 Å². The average molecular weight is 322 g/mol. The van der Waals surface area contributed by atoms with Crippen molar-refractivity contribution >= 4 is 22.5 Å². The van der Waals surface area contributed by atoms with Crippen LogP contribution in [-0.4, -0.2) is 20.7 Å². The Morgan fingerprint density at radius 3 is 2.92 bits per heavy atom. The van der Waals surface area contributed by atoms with Crippen molar-refractivity contribution in [3.63, 3.8) is 0 Å². The number of H-pyrrole nitrogens is 1. The van der Waals surface area contributed by atoms with E-state index in [-0.39, 0.29) is 11.9 Å². The Morgan fingerprint density at radius 2 is 2.12 bits per heavy atom. The summed E-state index contributed by atoms with van der Waals surface area (Å²) in [5, 5.41) is 8.39. The molecule has 124 valence electrons. The quantitative estimate of drug-likeness (QED) is 0.763. The fourth-order valence-corrected chi connectivity index (χ4v) is 3.44. The molecule has 2 N–H and O–H groups in total. The van der Waals surface area contributed by atoms with Gasteiger partial charge in [0.15, 0.2) is 0 Å². The fraction of sp³-hybridized carbons (Fsp3) is 0.368. The van der Waals surface area contributed by atoms with Crippen molar-refractivity contribution in [1.29, 1.82) is 0 Å². The van der Waals surface area contributed by atoms with Gasteiger partial charge in [0.05, 0.1) is 11.9 Å². The van der Waals surface area contributed by atoms with Gasteiger partial charge in [0.1, 0.15) is 0 Å². The highest BCUT2D eigenvalue weighted by molar-refractivity contribution is 6.06. The minimum atomic E-state index is -0.0917. The number of hydrogen-bond acceptors (Lipinski definition) is 2. The van der Waals surface area contributed by atoms with Crippen molar-refractivity contribution < 1.29 is 4.79 Å². The van der Waals surface area contributed by atoms with Crippen molar-refractivity contribution in [1.82, 2.24) is 14.8 Å². The van der Waals surface area contributed by atoms with E-state index in [1.165, 1.54) is 29.5 Å². The van der Waals surface area contributed by atoms with E-state index in [1.54, 1.807) is 6.20 Å². The number of aromatic nitrogens is 3. The number of nitrogens with one attached hydrogen (secondary N) is 2. The second kappa shape index (κ2) is 5.82. The summed E-state index contributed by atoms with van der Waals surface area (Å²) < 4.78 is 1.83. The van der Waals surface area contributed by atoms with Crippen LogP contribution in [0.2, 0.25) is 0 Å². The molecule has 1 aliphatic carbocycles. The lowest BCUT2D eigenvalue weighted by Gasteiger charge is -2.10. The van der Waals surface area contributed by atoms with Gasteiger partial charge in [-0.2, -0.15) is 5.10 Å². The van der Waals surface area contributed by atoms with Crippen LogP contribution in [0, 0.1) is 0 Å². The zero-order valence-electron chi connectivity index (χ0n) is 14.1. The van der Waals surface area contributed by atoms with E-state index in [4.69, 9.17) is 0 Å². The number of anilines is 1. The minimum Gasteiger partial charge on any atom is -0.358 e. The van der Waals surface area contributed by atoms with Crippen LogP contribution in [0.3, 0.4) is 0 Å². The number of aromatic amines is 1. The molecule has 0 aliphatic heterocycles. The molecule has 0 radical (unpaired) electrons. The van der Waals surface area contributed by atoms with E-state index in [1.807, 2.05) is 29.1 Å². The summed E-state index contributed by atoms with van der Waals surface area (Å²) in [7, 11) is 0. The van der Waals surface area contributed by atoms with Crippen LogP contribution in [0.5, 0.6) is 0 Å². The fourth-order valence-electron chi connectivity index (χ4n) is 3.44. The average Bonchev–Trinajstić information content (AvgIpc) is 3.18. The summed E-state index contributed by atoms with van der Waals surface area (Å²) in [6.07, 6.45) is 8.23. The zero-order chi connectivity index (χ0) is 16.7. The summed E-state index contributed by atoms with van der Waals surface area (Å²) in [4.78, 5) is 16.1. The van der Waals surface area contributed by atoms with E-state index in [0.29, 0.717) is 5.56 Å². The number of amides is 1. The van der Waals surface area contributed by atoms with E-state index in [0.717, 1.165) is 24.0 Å². The molecule has 0 bridgehead atoms. The van der Waals surface area contributed by atoms with Gasteiger partial charge in [0, 0.05) is 34.4 Å². The molecule has 1 aliphatic rings. The number of carbonyl (C=O) groups is 1. The van der Waals surface area contributed by atoms with Crippen LogP contribution in [-0.2, 0) is 12.8 Å². The van der Waals surface area contributed by atoms with E-state index in [9.17, 15) is 4.79 Å². The van der Waals surface area contributed by atoms with Crippen LogP contribution in [0.25, 0.3) is 10.9 Å². The van der Waals surface area contributed by atoms with Gasteiger partial charge in [-0.05, 0) is 63.3 Å². The van der Waals surface area contributed by atoms with Gasteiger partial charge in [-0.15, -0.1) is 0 Å². The van der Waals surface area contributed by atoms with E-state index >= 15 is 0 Å². The molecule has 0 atom stereocenters. The smallest absolute Gasteiger partial charge is 0.255 e. The second-order valence-electron chi connectivity index (χ2n) is 6.81. The van der Waals surface area contributed by atoms with E-state index < -0.39 is 0 Å². The van der Waals surface area contributed by atoms with Gasteiger partial charge >= 0.3 is 0 Å². The summed E-state index contributed by atoms with van der Waals surface area (Å²) in [6.45, 7) is 4.11. The Balaban J connectivity index is 1.61. The number of nitrogens with zero attached hydrogens (tertiary/aromatic N) is 2. The lowest BCUT2D eigenvalue weighted by atomic mass is 9.95. The topological polar surface area (TPSA) is 62.7 Å². The number of aryl methyl sites for hydroxylation is 2. The molecule has 0 fully saturated rings. The number of hydrogen-bond donors (Lipinski definition) is 2. The summed E-state index contributed by atoms with van der Waals surface area (Å²) in [5.41, 5.74) is 5.27. The molecule has 0 saturated heterocycles. The Hall–Kier alpha value is -2.56. The SMILES string of the molecule is CC(C)n1cc(NC(=O)c2ccc3[nH]c4c(c3c2)CCCC4)cn1. The molecule has 3 aromatic rings. The summed E-state index contributed by atoms with van der Waals surface area (Å²) >= 11 is 0. The molecule has 24 heavy (non-hydrogen) atoms. The molecule has 4 rings (SSSR count). The lowest BCUT2D eigenvalue weighted by Crippen LogP contribution is -2.11. The first-order chi connectivity index (χ1) is 11.6. The molecule has 5 nitrogen and oxygen atoms in total. The number of fused-ring (bicyclic) bond motifs is 3. The molecule has 2 aromatic heterocycles. The third-order valence-corrected chi connectivity index (χ3v) is 4.75. The van der Waals surface area contributed by atoms with Crippen LogP contribution in [0.15, 0.2) is 30.6 Å². The maximum Gasteiger partial charge on any atom is 0.255 e. The molecule has 1 amide bonds. The third-order valence-electron chi connectivity index (χ3n) is 4.75. The first kappa shape index (κ1) is 15.0. The molecular weight excluding hydrogens is 300 g/mol. The van der Waals surface area contributed by atoms with Gasteiger partial charge in [-0.3, -0.25) is 9.48 Å². The summed E-state index contributed by atoms with van der Waals surface area (Å²) in [6, 6.07) is 6.18. The third kappa shape index (κ3) is 2.60. The van der Waals surface area contributed by atoms with Crippen molar-refractivity contribution in [2.45, 2.75) is 45.6 Å². The highest BCUT2D eigenvalue weighted by atomic mass is 16.1. The Morgan fingerprint density at radius 1 is 1.29 bits per heavy atom. The van der Waals surface area contributed by atoms with Crippen LogP contribution in [0.4, 0.5) is 5.69 Å². The van der Waals surface area contributed by atoms with E-state index in [2.05, 4.69) is 29.2 Å². The number of benzene rings is 1. The maximum atomic E-state index is 12.6. The molecule has 2 heterocycles. The first-order valence-electron chi connectivity index (χ1n) is 8.61. The molecule has 0 unspecified atom stereocenters. The van der Waals surface area contributed by atoms with Crippen LogP contribution < -0.4 is 5.32 Å². The highest BCUT2D eigenvalue weighted by Crippen LogP contribution is 2.29. The molecule has 5 heteroatoms. The predicted molar refractivity (Wildman–Crippen MR) is 95.5 cm³/mol. The van der Waals surface area contributed by atoms with Gasteiger partial charge in [0.2, 0.25) is 0 Å². The lowest BCUT2D eigenvalue weighted by molar-refractivity contribution is 0.102. The standard InChI is InChI=1S/C19H22N4O/c1-12(2)23-11-14(10-20-23)21-19(24)13-7-8-18-16(9-13)15-5-3-4-6-17(15)22-18/h7-12,22H,3-6H2,1-2H3,(H,21,24). The van der Waals surface area contributed by atoms with Crippen LogP contribution >= 0.6 is 0 Å². The van der Waals surface area contributed by atoms with Crippen molar-refractivity contribution in [2.24, 2.45) is 0 Å². The van der Waals surface area contributed by atoms with Crippen molar-refractivity contribution in [3.8, 4) is 0 Å². The maximum absolute atomic E-state index is 12.6. The van der Waals surface area contributed by atoms with Crippen LogP contribution in [0.1, 0.15) is 54.3 Å². The zero-order valence-corrected chi connectivity index (χ0v) is 14.1. The highest BCUT2D eigenvalue weighted by Gasteiger charge is 2.17. The van der Waals surface area contributed by atoms with Crippen molar-refractivity contribution in [2.75, 3.05) is 5.32 Å². The first-order valence-corrected chi connectivity index (χ1v) is 8.61. The second-order valence-corrected chi connectivity index (χ2v) is 6.81. The molecule has 0 saturated carbocycles. The van der Waals surface area contributed by atoms with Gasteiger partial charge in [0.25, 0.3) is 5.91 Å². The predicted octanol–water partition coefficient (Wildman–Crippen LogP) is 4.08. The Labute approximate surface area is 141 Å². The largest absolute Gasteiger partial charge is 0.358 e. The van der Waals surface area contributed by atoms with Gasteiger partial charge in [-0.1, -0.05) is 0 Å². The Bertz CT molecular complexity index is 903. The number of rotatable bonds is 3.